The zero-order chi connectivity index (χ0) is 19.8. The Morgan fingerprint density at radius 3 is 2.44 bits per heavy atom. The highest BCUT2D eigenvalue weighted by atomic mass is 19.1. The molecule has 1 atom stereocenters. The Balaban J connectivity index is 2.04. The Bertz CT molecular complexity index is 575. The van der Waals surface area contributed by atoms with Crippen LogP contribution in [0, 0.1) is 11.8 Å². The van der Waals surface area contributed by atoms with Crippen molar-refractivity contribution in [3.63, 3.8) is 0 Å². The van der Waals surface area contributed by atoms with Gasteiger partial charge < -0.3 is 4.74 Å². The predicted molar refractivity (Wildman–Crippen MR) is 115 cm³/mol. The van der Waals surface area contributed by atoms with E-state index in [9.17, 15) is 4.39 Å². The van der Waals surface area contributed by atoms with Gasteiger partial charge in [-0.3, -0.25) is 0 Å². The van der Waals surface area contributed by atoms with E-state index in [0.29, 0.717) is 25.9 Å². The number of rotatable bonds is 12. The maximum atomic E-state index is 14.0. The van der Waals surface area contributed by atoms with Crippen molar-refractivity contribution in [2.24, 2.45) is 4.99 Å². The highest BCUT2D eigenvalue weighted by Gasteiger charge is 2.30. The Morgan fingerprint density at radius 2 is 1.78 bits per heavy atom. The third-order valence-electron chi connectivity index (χ3n) is 4.14. The molecule has 0 bridgehead atoms. The highest BCUT2D eigenvalue weighted by Crippen LogP contribution is 2.20. The normalized spacial score (nSPS) is 17.3. The van der Waals surface area contributed by atoms with Crippen LogP contribution in [0.2, 0.25) is 0 Å². The van der Waals surface area contributed by atoms with Gasteiger partial charge in [-0.05, 0) is 46.0 Å². The smallest absolute Gasteiger partial charge is 0.219 e. The van der Waals surface area contributed by atoms with Gasteiger partial charge in [-0.15, -0.1) is 5.92 Å². The van der Waals surface area contributed by atoms with E-state index >= 15 is 0 Å². The lowest BCUT2D eigenvalue weighted by molar-refractivity contribution is 0.248. The summed E-state index contributed by atoms with van der Waals surface area (Å²) in [6.45, 7) is 6.58. The molecule has 0 radical (unpaired) electrons. The van der Waals surface area contributed by atoms with Crippen LogP contribution in [0.15, 0.2) is 41.4 Å². The van der Waals surface area contributed by atoms with Crippen molar-refractivity contribution in [3.8, 4) is 11.8 Å². The van der Waals surface area contributed by atoms with Crippen LogP contribution in [-0.2, 0) is 4.74 Å². The molecule has 0 fully saturated rings. The number of halogens is 1. The molecule has 3 heteroatoms. The molecule has 0 amide bonds. The molecule has 1 unspecified atom stereocenters. The average molecular weight is 374 g/mol. The maximum absolute atomic E-state index is 14.0. The first-order valence-electron chi connectivity index (χ1n) is 10.3. The summed E-state index contributed by atoms with van der Waals surface area (Å²) in [5.74, 6) is 6.32. The number of ether oxygens (including phenoxy) is 1. The van der Waals surface area contributed by atoms with Gasteiger partial charge in [-0.2, -0.15) is 0 Å². The van der Waals surface area contributed by atoms with Gasteiger partial charge in [0.05, 0.1) is 5.54 Å². The standard InChI is InChI=1S/C24H36FNO/c1-4-5-6-7-8-9-10-11-12-13-14-15-16-17-18-19-20-22(25)23-26-24(2,3)21-27-23/h8-9,11-12,14-15,22H,4-7,10,13,16,19-21H2,1-3H3. The fraction of sp³-hybridized carbons (Fsp3) is 0.625. The second kappa shape index (κ2) is 14.3. The molecule has 0 aromatic rings. The number of hydrogen-bond donors (Lipinski definition) is 0. The van der Waals surface area contributed by atoms with Gasteiger partial charge in [0.15, 0.2) is 6.17 Å². The third-order valence-corrected chi connectivity index (χ3v) is 4.14. The molecule has 150 valence electrons. The minimum absolute atomic E-state index is 0.240. The second-order valence-corrected chi connectivity index (χ2v) is 7.50. The number of hydrogen-bond acceptors (Lipinski definition) is 2. The van der Waals surface area contributed by atoms with Gasteiger partial charge in [0.2, 0.25) is 5.90 Å². The third kappa shape index (κ3) is 12.2. The predicted octanol–water partition coefficient (Wildman–Crippen LogP) is 6.73. The molecule has 2 nitrogen and oxygen atoms in total. The Hall–Kier alpha value is -1.82. The van der Waals surface area contributed by atoms with Gasteiger partial charge in [0, 0.05) is 12.8 Å². The molecule has 0 aliphatic carbocycles. The molecule has 27 heavy (non-hydrogen) atoms. The van der Waals surface area contributed by atoms with E-state index in [1.807, 2.05) is 13.8 Å². The number of aliphatic imine (C=N–C) groups is 1. The van der Waals surface area contributed by atoms with Crippen LogP contribution < -0.4 is 0 Å². The Labute approximate surface area is 165 Å². The van der Waals surface area contributed by atoms with E-state index in [1.54, 1.807) is 0 Å². The summed E-state index contributed by atoms with van der Waals surface area (Å²) in [5.41, 5.74) is -0.296. The quantitative estimate of drug-likeness (QED) is 0.211. The molecular weight excluding hydrogens is 337 g/mol. The second-order valence-electron chi connectivity index (χ2n) is 7.50. The van der Waals surface area contributed by atoms with Crippen LogP contribution in [0.25, 0.3) is 0 Å². The minimum atomic E-state index is -1.14. The van der Waals surface area contributed by atoms with E-state index in [4.69, 9.17) is 4.74 Å². The minimum Gasteiger partial charge on any atom is -0.476 e. The van der Waals surface area contributed by atoms with Crippen LogP contribution in [-0.4, -0.2) is 24.2 Å². The van der Waals surface area contributed by atoms with Gasteiger partial charge in [-0.1, -0.05) is 62.1 Å². The summed E-state index contributed by atoms with van der Waals surface area (Å²) in [4.78, 5) is 4.26. The van der Waals surface area contributed by atoms with E-state index in [-0.39, 0.29) is 11.4 Å². The SMILES string of the molecule is CCCCCC=CCC=CCC=CCC#CCCC(F)C1=NC(C)(C)CO1. The lowest BCUT2D eigenvalue weighted by Crippen LogP contribution is -2.17. The summed E-state index contributed by atoms with van der Waals surface area (Å²) in [7, 11) is 0. The van der Waals surface area contributed by atoms with Crippen molar-refractivity contribution < 1.29 is 9.13 Å². The van der Waals surface area contributed by atoms with Crippen LogP contribution >= 0.6 is 0 Å². The lowest BCUT2D eigenvalue weighted by Gasteiger charge is -2.07. The van der Waals surface area contributed by atoms with Crippen LogP contribution in [0.5, 0.6) is 0 Å². The molecule has 0 aromatic heterocycles. The first-order chi connectivity index (χ1) is 13.0. The van der Waals surface area contributed by atoms with Crippen molar-refractivity contribution in [3.05, 3.63) is 36.5 Å². The Morgan fingerprint density at radius 1 is 1.07 bits per heavy atom. The van der Waals surface area contributed by atoms with E-state index < -0.39 is 6.17 Å². The molecule has 1 aliphatic rings. The van der Waals surface area contributed by atoms with Crippen LogP contribution in [0.3, 0.4) is 0 Å². The maximum Gasteiger partial charge on any atom is 0.219 e. The summed E-state index contributed by atoms with van der Waals surface area (Å²) in [5, 5.41) is 0. The lowest BCUT2D eigenvalue weighted by atomic mass is 10.1. The van der Waals surface area contributed by atoms with Crippen molar-refractivity contribution in [1.82, 2.24) is 0 Å². The molecular formula is C24H36FNO. The van der Waals surface area contributed by atoms with E-state index in [1.165, 1.54) is 25.7 Å². The van der Waals surface area contributed by atoms with Gasteiger partial charge in [0.1, 0.15) is 6.61 Å². The highest BCUT2D eigenvalue weighted by molar-refractivity contribution is 5.82. The number of unbranched alkanes of at least 4 members (excludes halogenated alkanes) is 3. The van der Waals surface area contributed by atoms with E-state index in [2.05, 4.69) is 60.2 Å². The fourth-order valence-corrected chi connectivity index (χ4v) is 2.57. The largest absolute Gasteiger partial charge is 0.476 e. The van der Waals surface area contributed by atoms with Crippen molar-refractivity contribution >= 4 is 5.90 Å². The molecule has 1 heterocycles. The van der Waals surface area contributed by atoms with Gasteiger partial charge >= 0.3 is 0 Å². The van der Waals surface area contributed by atoms with Crippen molar-refractivity contribution in [2.45, 2.75) is 90.3 Å². The van der Waals surface area contributed by atoms with Gasteiger partial charge in [-0.25, -0.2) is 9.38 Å². The van der Waals surface area contributed by atoms with Crippen molar-refractivity contribution in [1.29, 1.82) is 0 Å². The monoisotopic (exact) mass is 373 g/mol. The number of alkyl halides is 1. The molecule has 0 N–H and O–H groups in total. The van der Waals surface area contributed by atoms with E-state index in [0.717, 1.165) is 12.8 Å². The summed E-state index contributed by atoms with van der Waals surface area (Å²) in [6, 6.07) is 0. The summed E-state index contributed by atoms with van der Waals surface area (Å²) in [6.07, 6.45) is 20.6. The molecule has 0 spiro atoms. The zero-order valence-electron chi connectivity index (χ0n) is 17.3. The average Bonchev–Trinajstić information content (AvgIpc) is 3.01. The first-order valence-corrected chi connectivity index (χ1v) is 10.3. The number of allylic oxidation sites excluding steroid dienone is 6. The molecule has 0 saturated carbocycles. The van der Waals surface area contributed by atoms with Crippen LogP contribution in [0.1, 0.15) is 78.6 Å². The van der Waals surface area contributed by atoms with Gasteiger partial charge in [0.25, 0.3) is 0 Å². The summed E-state index contributed by atoms with van der Waals surface area (Å²) >= 11 is 0. The Kier molecular flexibility index (Phi) is 12.3. The molecule has 0 saturated heterocycles. The first kappa shape index (κ1) is 23.2. The fourth-order valence-electron chi connectivity index (χ4n) is 2.57. The molecule has 1 aliphatic heterocycles. The summed E-state index contributed by atoms with van der Waals surface area (Å²) < 4.78 is 19.3. The topological polar surface area (TPSA) is 21.6 Å². The molecule has 1 rings (SSSR count). The van der Waals surface area contributed by atoms with Crippen LogP contribution in [0.4, 0.5) is 4.39 Å². The molecule has 0 aromatic carbocycles. The number of nitrogens with zero attached hydrogens (tertiary/aromatic N) is 1. The zero-order valence-corrected chi connectivity index (χ0v) is 17.3. The van der Waals surface area contributed by atoms with Crippen molar-refractivity contribution in [2.75, 3.05) is 6.61 Å².